The Morgan fingerprint density at radius 2 is 1.37 bits per heavy atom. The Balaban J connectivity index is 4.15. The van der Waals surface area contributed by atoms with Crippen LogP contribution in [0.15, 0.2) is 0 Å². The van der Waals surface area contributed by atoms with Crippen molar-refractivity contribution < 1.29 is 4.79 Å². The molecule has 2 nitrogen and oxygen atoms in total. The quantitative estimate of drug-likeness (QED) is 0.492. The normalized spacial score (nSPS) is 11.6. The van der Waals surface area contributed by atoms with Crippen molar-refractivity contribution >= 4 is 5.91 Å². The fourth-order valence-corrected chi connectivity index (χ4v) is 2.73. The van der Waals surface area contributed by atoms with E-state index in [1.807, 2.05) is 0 Å². The molecular formula is C17H35NO. The maximum absolute atomic E-state index is 11.7. The van der Waals surface area contributed by atoms with Gasteiger partial charge in [-0.2, -0.15) is 0 Å². The van der Waals surface area contributed by atoms with Crippen LogP contribution in [0.3, 0.4) is 0 Å². The first-order chi connectivity index (χ1) is 9.08. The highest BCUT2D eigenvalue weighted by atomic mass is 16.1. The number of carbonyl (C=O) groups excluding carboxylic acids is 1. The molecule has 0 spiro atoms. The molecule has 0 bridgehead atoms. The standard InChI is InChI=1S/C17H35NO/c1-5-7-9-11-13-17(3,15-16(19)18-4)14-12-10-8-6-2/h5-15H2,1-4H3,(H,18,19). The molecule has 0 atom stereocenters. The summed E-state index contributed by atoms with van der Waals surface area (Å²) >= 11 is 0. The van der Waals surface area contributed by atoms with Crippen molar-refractivity contribution in [1.82, 2.24) is 5.32 Å². The van der Waals surface area contributed by atoms with Gasteiger partial charge in [-0.25, -0.2) is 0 Å². The number of hydrogen-bond donors (Lipinski definition) is 1. The summed E-state index contributed by atoms with van der Waals surface area (Å²) in [6.45, 7) is 6.79. The molecule has 0 aromatic rings. The van der Waals surface area contributed by atoms with Crippen molar-refractivity contribution in [2.24, 2.45) is 5.41 Å². The van der Waals surface area contributed by atoms with Crippen LogP contribution in [0.2, 0.25) is 0 Å². The second-order valence-corrected chi connectivity index (χ2v) is 6.28. The predicted molar refractivity (Wildman–Crippen MR) is 84.3 cm³/mol. The third kappa shape index (κ3) is 9.98. The Morgan fingerprint density at radius 3 is 1.74 bits per heavy atom. The first-order valence-electron chi connectivity index (χ1n) is 8.28. The lowest BCUT2D eigenvalue weighted by Gasteiger charge is -2.29. The molecule has 0 aromatic carbocycles. The first kappa shape index (κ1) is 18.5. The van der Waals surface area contributed by atoms with Gasteiger partial charge in [0.05, 0.1) is 0 Å². The number of rotatable bonds is 12. The highest BCUT2D eigenvalue weighted by Crippen LogP contribution is 2.34. The highest BCUT2D eigenvalue weighted by Gasteiger charge is 2.26. The van der Waals surface area contributed by atoms with E-state index in [0.29, 0.717) is 6.42 Å². The van der Waals surface area contributed by atoms with Crippen LogP contribution in [0, 0.1) is 5.41 Å². The molecule has 0 aliphatic carbocycles. The average molecular weight is 269 g/mol. The maximum Gasteiger partial charge on any atom is 0.220 e. The van der Waals surface area contributed by atoms with Gasteiger partial charge in [0.2, 0.25) is 5.91 Å². The third-order valence-electron chi connectivity index (χ3n) is 4.13. The molecule has 0 saturated carbocycles. The van der Waals surface area contributed by atoms with Crippen LogP contribution < -0.4 is 5.32 Å². The zero-order valence-electron chi connectivity index (χ0n) is 13.7. The monoisotopic (exact) mass is 269 g/mol. The zero-order valence-corrected chi connectivity index (χ0v) is 13.7. The van der Waals surface area contributed by atoms with E-state index >= 15 is 0 Å². The lowest BCUT2D eigenvalue weighted by molar-refractivity contribution is -0.123. The van der Waals surface area contributed by atoms with Gasteiger partial charge in [-0.1, -0.05) is 72.1 Å². The third-order valence-corrected chi connectivity index (χ3v) is 4.13. The van der Waals surface area contributed by atoms with Crippen molar-refractivity contribution in [2.45, 2.75) is 91.4 Å². The van der Waals surface area contributed by atoms with E-state index in [-0.39, 0.29) is 11.3 Å². The Hall–Kier alpha value is -0.530. The van der Waals surface area contributed by atoms with E-state index in [0.717, 1.165) is 0 Å². The van der Waals surface area contributed by atoms with Crippen molar-refractivity contribution in [3.8, 4) is 0 Å². The molecule has 0 saturated heterocycles. The van der Waals surface area contributed by atoms with Gasteiger partial charge in [0.15, 0.2) is 0 Å². The van der Waals surface area contributed by atoms with Crippen molar-refractivity contribution in [3.05, 3.63) is 0 Å². The smallest absolute Gasteiger partial charge is 0.220 e. The van der Waals surface area contributed by atoms with Crippen LogP contribution in [-0.4, -0.2) is 13.0 Å². The lowest BCUT2D eigenvalue weighted by Crippen LogP contribution is -2.28. The number of nitrogens with one attached hydrogen (secondary N) is 1. The number of carbonyl (C=O) groups is 1. The molecule has 0 fully saturated rings. The number of amides is 1. The van der Waals surface area contributed by atoms with Gasteiger partial charge in [-0.15, -0.1) is 0 Å². The van der Waals surface area contributed by atoms with Gasteiger partial charge in [0, 0.05) is 13.5 Å². The molecule has 114 valence electrons. The van der Waals surface area contributed by atoms with E-state index in [1.165, 1.54) is 64.2 Å². The summed E-state index contributed by atoms with van der Waals surface area (Å²) in [4.78, 5) is 11.7. The summed E-state index contributed by atoms with van der Waals surface area (Å²) in [6.07, 6.45) is 13.5. The average Bonchev–Trinajstić information content (AvgIpc) is 2.40. The van der Waals surface area contributed by atoms with Crippen LogP contribution in [0.5, 0.6) is 0 Å². The van der Waals surface area contributed by atoms with Gasteiger partial charge < -0.3 is 5.32 Å². The Bertz CT molecular complexity index is 213. The van der Waals surface area contributed by atoms with E-state index in [2.05, 4.69) is 26.1 Å². The molecule has 0 rings (SSSR count). The van der Waals surface area contributed by atoms with Crippen LogP contribution in [0.1, 0.15) is 91.4 Å². The van der Waals surface area contributed by atoms with Gasteiger partial charge >= 0.3 is 0 Å². The zero-order chi connectivity index (χ0) is 14.6. The molecule has 2 heteroatoms. The summed E-state index contributed by atoms with van der Waals surface area (Å²) in [6, 6.07) is 0. The van der Waals surface area contributed by atoms with Gasteiger partial charge in [0.1, 0.15) is 0 Å². The Kier molecular flexibility index (Phi) is 11.0. The van der Waals surface area contributed by atoms with E-state index < -0.39 is 0 Å². The van der Waals surface area contributed by atoms with Crippen molar-refractivity contribution in [1.29, 1.82) is 0 Å². The fraction of sp³-hybridized carbons (Fsp3) is 0.941. The molecule has 1 amide bonds. The molecule has 0 aliphatic rings. The van der Waals surface area contributed by atoms with Gasteiger partial charge in [0.25, 0.3) is 0 Å². The SMILES string of the molecule is CCCCCCC(C)(CCCCCC)CC(=O)NC. The molecule has 0 unspecified atom stereocenters. The van der Waals surface area contributed by atoms with Crippen molar-refractivity contribution in [2.75, 3.05) is 7.05 Å². The Labute approximate surface area is 120 Å². The summed E-state index contributed by atoms with van der Waals surface area (Å²) in [5, 5.41) is 2.78. The minimum absolute atomic E-state index is 0.202. The summed E-state index contributed by atoms with van der Waals surface area (Å²) in [5.74, 6) is 0.202. The van der Waals surface area contributed by atoms with Gasteiger partial charge in [-0.05, 0) is 18.3 Å². The van der Waals surface area contributed by atoms with Crippen LogP contribution in [0.4, 0.5) is 0 Å². The first-order valence-corrected chi connectivity index (χ1v) is 8.28. The molecule has 0 aliphatic heterocycles. The van der Waals surface area contributed by atoms with Crippen LogP contribution in [0.25, 0.3) is 0 Å². The second-order valence-electron chi connectivity index (χ2n) is 6.28. The van der Waals surface area contributed by atoms with E-state index in [9.17, 15) is 4.79 Å². The van der Waals surface area contributed by atoms with Gasteiger partial charge in [-0.3, -0.25) is 4.79 Å². The van der Waals surface area contributed by atoms with Crippen LogP contribution >= 0.6 is 0 Å². The highest BCUT2D eigenvalue weighted by molar-refractivity contribution is 5.76. The summed E-state index contributed by atoms with van der Waals surface area (Å²) < 4.78 is 0. The Morgan fingerprint density at radius 1 is 0.895 bits per heavy atom. The molecule has 0 heterocycles. The molecule has 0 aromatic heterocycles. The molecule has 0 radical (unpaired) electrons. The molecule has 1 N–H and O–H groups in total. The topological polar surface area (TPSA) is 29.1 Å². The molecular weight excluding hydrogens is 234 g/mol. The van der Waals surface area contributed by atoms with Crippen LogP contribution in [-0.2, 0) is 4.79 Å². The minimum Gasteiger partial charge on any atom is -0.359 e. The fourth-order valence-electron chi connectivity index (χ4n) is 2.73. The van der Waals surface area contributed by atoms with E-state index in [4.69, 9.17) is 0 Å². The summed E-state index contributed by atoms with van der Waals surface area (Å²) in [5.41, 5.74) is 0.210. The minimum atomic E-state index is 0.202. The van der Waals surface area contributed by atoms with Crippen molar-refractivity contribution in [3.63, 3.8) is 0 Å². The molecule has 19 heavy (non-hydrogen) atoms. The largest absolute Gasteiger partial charge is 0.359 e. The summed E-state index contributed by atoms with van der Waals surface area (Å²) in [7, 11) is 1.75. The maximum atomic E-state index is 11.7. The second kappa shape index (κ2) is 11.3. The number of hydrogen-bond acceptors (Lipinski definition) is 1. The predicted octanol–water partition coefficient (Wildman–Crippen LogP) is 5.07. The van der Waals surface area contributed by atoms with E-state index in [1.54, 1.807) is 7.05 Å². The number of unbranched alkanes of at least 4 members (excludes halogenated alkanes) is 6. The lowest BCUT2D eigenvalue weighted by atomic mass is 9.77.